The third-order valence-electron chi connectivity index (χ3n) is 2.96. The summed E-state index contributed by atoms with van der Waals surface area (Å²) in [6.07, 6.45) is -19.8. The van der Waals surface area contributed by atoms with Gasteiger partial charge in [-0.05, 0) is 0 Å². The van der Waals surface area contributed by atoms with Crippen molar-refractivity contribution in [2.24, 2.45) is 0 Å². The molecule has 0 amide bonds. The largest absolute Gasteiger partial charge is 1.00 e. The normalized spacial score (nSPS) is 13.1. The summed E-state index contributed by atoms with van der Waals surface area (Å²) in [5, 5.41) is 17.3. The van der Waals surface area contributed by atoms with Crippen LogP contribution in [0.2, 0.25) is 0 Å². The average molecular weight is 710 g/mol. The molecule has 5 nitrogen and oxygen atoms in total. The monoisotopic (exact) mass is 708 g/mol. The van der Waals surface area contributed by atoms with Gasteiger partial charge in [-0.2, -0.15) is 65.9 Å². The van der Waals surface area contributed by atoms with E-state index in [1.54, 1.807) is 0 Å². The Kier molecular flexibility index (Phi) is 26.9. The van der Waals surface area contributed by atoms with Gasteiger partial charge in [0.15, 0.2) is 0 Å². The standard InChI is InChI=1S/C9H10F10O3.C3H6Cl2O.C3H2ClF5.K.H2O/c10-6(11,8(14,15)16)3-21-1-5(20)2-22-4-7(12,13)9(17,18)19;4-1-3(6)2-5;4-1-2(5,6)3(7,8)9;;/h5,20H,1-4H2;3,6H,1-2H2;1H2;;1H2/q;;;+1;/p-1. The van der Waals surface area contributed by atoms with E-state index in [0.29, 0.717) is 0 Å². The van der Waals surface area contributed by atoms with Crippen LogP contribution in [0.3, 0.4) is 0 Å². The van der Waals surface area contributed by atoms with Crippen molar-refractivity contribution in [2.75, 3.05) is 44.1 Å². The van der Waals surface area contributed by atoms with E-state index in [0.717, 1.165) is 0 Å². The topological polar surface area (TPSA) is 88.9 Å². The fourth-order valence-corrected chi connectivity index (χ4v) is 1.46. The minimum absolute atomic E-state index is 0. The van der Waals surface area contributed by atoms with Gasteiger partial charge in [-0.3, -0.25) is 0 Å². The number of ether oxygens (including phenoxy) is 2. The van der Waals surface area contributed by atoms with Crippen LogP contribution in [-0.2, 0) is 9.47 Å². The third-order valence-corrected chi connectivity index (χ3v) is 4.00. The fraction of sp³-hybridized carbons (Fsp3) is 1.00. The van der Waals surface area contributed by atoms with Crippen molar-refractivity contribution < 1.29 is 142 Å². The average Bonchev–Trinajstić information content (AvgIpc) is 2.71. The van der Waals surface area contributed by atoms with E-state index in [9.17, 15) is 65.9 Å². The van der Waals surface area contributed by atoms with Gasteiger partial charge >= 0.3 is 87.7 Å². The number of alkyl halides is 18. The van der Waals surface area contributed by atoms with Gasteiger partial charge in [-0.15, -0.1) is 34.8 Å². The summed E-state index contributed by atoms with van der Waals surface area (Å²) >= 11 is 14.5. The molecule has 0 spiro atoms. The molecular formula is C15H19Cl3F15KO5. The van der Waals surface area contributed by atoms with Gasteiger partial charge in [0, 0.05) is 11.8 Å². The Bertz CT molecular complexity index is 575. The van der Waals surface area contributed by atoms with Crippen LogP contribution in [0.1, 0.15) is 0 Å². The first-order chi connectivity index (χ1) is 16.2. The van der Waals surface area contributed by atoms with Crippen molar-refractivity contribution in [3.05, 3.63) is 0 Å². The molecule has 0 aromatic heterocycles. The molecule has 39 heavy (non-hydrogen) atoms. The van der Waals surface area contributed by atoms with Crippen LogP contribution in [0.4, 0.5) is 65.9 Å². The van der Waals surface area contributed by atoms with E-state index in [1.165, 1.54) is 0 Å². The molecule has 3 N–H and O–H groups in total. The Hall–Kier alpha value is 1.26. The second-order valence-electron chi connectivity index (χ2n) is 6.39. The van der Waals surface area contributed by atoms with Gasteiger partial charge in [0.05, 0.1) is 25.2 Å². The molecule has 0 saturated heterocycles. The maximum atomic E-state index is 12.3. The quantitative estimate of drug-likeness (QED) is 0.196. The summed E-state index contributed by atoms with van der Waals surface area (Å²) in [4.78, 5) is 0. The first-order valence-electron chi connectivity index (χ1n) is 8.75. The maximum Gasteiger partial charge on any atom is 1.00 e. The van der Waals surface area contributed by atoms with Gasteiger partial charge in [-0.1, -0.05) is 0 Å². The number of halogens is 18. The van der Waals surface area contributed by atoms with Crippen LogP contribution < -0.4 is 51.4 Å². The zero-order valence-corrected chi connectivity index (χ0v) is 24.5. The molecule has 0 atom stereocenters. The molecule has 0 aromatic rings. The summed E-state index contributed by atoms with van der Waals surface area (Å²) in [5.41, 5.74) is 0. The predicted molar refractivity (Wildman–Crippen MR) is 101 cm³/mol. The second kappa shape index (κ2) is 21.0. The molecule has 0 fully saturated rings. The van der Waals surface area contributed by atoms with E-state index in [1.807, 2.05) is 0 Å². The Morgan fingerprint density at radius 2 is 0.769 bits per heavy atom. The van der Waals surface area contributed by atoms with Crippen molar-refractivity contribution in [2.45, 2.75) is 48.5 Å². The molecule has 236 valence electrons. The van der Waals surface area contributed by atoms with Crippen molar-refractivity contribution in [1.29, 1.82) is 0 Å². The summed E-state index contributed by atoms with van der Waals surface area (Å²) in [6, 6.07) is 0. The fourth-order valence-electron chi connectivity index (χ4n) is 0.975. The van der Waals surface area contributed by atoms with Crippen molar-refractivity contribution in [1.82, 2.24) is 0 Å². The SMILES string of the molecule is FC(F)(F)C(F)(F)CCl.OC(CCl)CCl.OC(COCC(F)(F)C(F)(F)F)COCC(F)(F)C(F)(F)F.[K+].[OH-]. The molecule has 0 saturated carbocycles. The van der Waals surface area contributed by atoms with E-state index in [-0.39, 0.29) is 68.6 Å². The van der Waals surface area contributed by atoms with Crippen LogP contribution in [0.25, 0.3) is 0 Å². The molecule has 0 heterocycles. The molecule has 0 rings (SSSR count). The molecule has 0 aliphatic rings. The van der Waals surface area contributed by atoms with Gasteiger partial charge < -0.3 is 25.2 Å². The van der Waals surface area contributed by atoms with Crippen molar-refractivity contribution in [3.63, 3.8) is 0 Å². The third kappa shape index (κ3) is 22.5. The Balaban J connectivity index is -0.000000187. The van der Waals surface area contributed by atoms with E-state index >= 15 is 0 Å². The van der Waals surface area contributed by atoms with Crippen LogP contribution in [-0.4, -0.2) is 108 Å². The molecule has 0 aliphatic carbocycles. The maximum absolute atomic E-state index is 12.3. The minimum atomic E-state index is -5.89. The number of rotatable bonds is 11. The van der Waals surface area contributed by atoms with Gasteiger partial charge in [0.1, 0.15) is 19.3 Å². The Morgan fingerprint density at radius 1 is 0.513 bits per heavy atom. The molecule has 0 bridgehead atoms. The van der Waals surface area contributed by atoms with Crippen LogP contribution in [0, 0.1) is 0 Å². The summed E-state index contributed by atoms with van der Waals surface area (Å²) in [6.45, 7) is -6.65. The molecular weight excluding hydrogens is 691 g/mol. The molecule has 0 radical (unpaired) electrons. The van der Waals surface area contributed by atoms with Crippen LogP contribution >= 0.6 is 34.8 Å². The van der Waals surface area contributed by atoms with Crippen LogP contribution in [0.5, 0.6) is 0 Å². The van der Waals surface area contributed by atoms with Gasteiger partial charge in [0.2, 0.25) is 0 Å². The first kappa shape index (κ1) is 49.9. The molecule has 0 aliphatic heterocycles. The summed E-state index contributed by atoms with van der Waals surface area (Å²) in [5.74, 6) is -16.4. The van der Waals surface area contributed by atoms with Crippen molar-refractivity contribution >= 4 is 34.8 Å². The second-order valence-corrected chi connectivity index (χ2v) is 7.27. The van der Waals surface area contributed by atoms with Gasteiger partial charge in [-0.25, -0.2) is 0 Å². The molecule has 0 unspecified atom stereocenters. The Labute approximate surface area is 267 Å². The number of aliphatic hydroxyl groups excluding tert-OH is 2. The molecule has 24 heteroatoms. The van der Waals surface area contributed by atoms with E-state index < -0.39 is 80.8 Å². The number of hydrogen-bond donors (Lipinski definition) is 2. The smallest absolute Gasteiger partial charge is 0.870 e. The predicted octanol–water partition coefficient (Wildman–Crippen LogP) is 2.85. The minimum Gasteiger partial charge on any atom is -0.870 e. The summed E-state index contributed by atoms with van der Waals surface area (Å²) < 4.78 is 183. The summed E-state index contributed by atoms with van der Waals surface area (Å²) in [7, 11) is 0. The zero-order valence-electron chi connectivity index (χ0n) is 19.1. The number of aliphatic hydroxyl groups is 2. The molecule has 0 aromatic carbocycles. The Morgan fingerprint density at radius 3 is 0.897 bits per heavy atom. The van der Waals surface area contributed by atoms with Crippen LogP contribution in [0.15, 0.2) is 0 Å². The van der Waals surface area contributed by atoms with E-state index in [2.05, 4.69) is 21.1 Å². The van der Waals surface area contributed by atoms with Crippen molar-refractivity contribution in [3.8, 4) is 0 Å². The zero-order chi connectivity index (χ0) is 30.5. The number of hydrogen-bond acceptors (Lipinski definition) is 5. The van der Waals surface area contributed by atoms with E-state index in [4.69, 9.17) is 33.4 Å². The first-order valence-corrected chi connectivity index (χ1v) is 10.4. The van der Waals surface area contributed by atoms with Gasteiger partial charge in [0.25, 0.3) is 0 Å².